The minimum Gasteiger partial charge on any atom is -0.495 e. The van der Waals surface area contributed by atoms with Crippen LogP contribution in [-0.4, -0.2) is 30.2 Å². The third kappa shape index (κ3) is 4.42. The Balaban J connectivity index is 1.86. The Hall–Kier alpha value is -2.73. The average Bonchev–Trinajstić information content (AvgIpc) is 3.38. The molecular formula is C26H33N3O2S. The number of carbonyl (C=O) groups is 1. The van der Waals surface area contributed by atoms with E-state index in [1.165, 1.54) is 16.0 Å². The minimum atomic E-state index is -0.0125. The molecular weight excluding hydrogens is 418 g/mol. The summed E-state index contributed by atoms with van der Waals surface area (Å²) in [6.45, 7) is 12.0. The number of aromatic nitrogens is 1. The van der Waals surface area contributed by atoms with Crippen molar-refractivity contribution < 1.29 is 9.53 Å². The molecule has 170 valence electrons. The molecule has 0 fully saturated rings. The Labute approximate surface area is 194 Å². The van der Waals surface area contributed by atoms with Crippen molar-refractivity contribution in [2.45, 2.75) is 53.6 Å². The molecule has 0 aliphatic carbocycles. The molecule has 3 aromatic rings. The third-order valence-electron chi connectivity index (χ3n) is 5.62. The topological polar surface area (TPSA) is 55.3 Å². The van der Waals surface area contributed by atoms with Gasteiger partial charge < -0.3 is 19.9 Å². The number of amides is 1. The van der Waals surface area contributed by atoms with E-state index in [0.29, 0.717) is 6.54 Å². The highest BCUT2D eigenvalue weighted by Crippen LogP contribution is 2.44. The van der Waals surface area contributed by atoms with Crippen LogP contribution in [0, 0.1) is 5.41 Å². The molecule has 0 saturated heterocycles. The number of hydrogen-bond acceptors (Lipinski definition) is 4. The number of nitrogens with one attached hydrogen (secondary N) is 2. The first-order valence-electron chi connectivity index (χ1n) is 11.2. The van der Waals surface area contributed by atoms with Gasteiger partial charge in [-0.2, -0.15) is 0 Å². The molecule has 4 rings (SSSR count). The first-order chi connectivity index (χ1) is 15.2. The van der Waals surface area contributed by atoms with Gasteiger partial charge in [0.15, 0.2) is 0 Å². The van der Waals surface area contributed by atoms with Crippen LogP contribution >= 0.6 is 11.3 Å². The van der Waals surface area contributed by atoms with Crippen molar-refractivity contribution in [3.05, 3.63) is 47.0 Å². The van der Waals surface area contributed by atoms with Crippen LogP contribution in [0.25, 0.3) is 21.7 Å². The zero-order chi connectivity index (χ0) is 23.0. The smallest absolute Gasteiger partial charge is 0.267 e. The molecule has 3 heterocycles. The fraction of sp³-hybridized carbons (Fsp3) is 0.423. The van der Waals surface area contributed by atoms with Crippen LogP contribution in [0.5, 0.6) is 5.75 Å². The number of ether oxygens (including phenoxy) is 1. The highest BCUT2D eigenvalue weighted by atomic mass is 32.1. The number of carbonyl (C=O) groups excluding carboxylic acids is 1. The molecule has 0 unspecified atom stereocenters. The lowest BCUT2D eigenvalue weighted by molar-refractivity contribution is 0.0930. The van der Waals surface area contributed by atoms with Crippen LogP contribution < -0.4 is 15.4 Å². The molecule has 1 aromatic carbocycles. The zero-order valence-electron chi connectivity index (χ0n) is 19.8. The molecule has 0 spiro atoms. The maximum absolute atomic E-state index is 13.2. The molecule has 0 radical (unpaired) electrons. The third-order valence-corrected chi connectivity index (χ3v) is 6.53. The molecule has 0 atom stereocenters. The SMILES string of the molecule is COc1cc2c(cc1NC(C)C)-c1c(-c3cccs3)cc(C(=O)NCC(C)(C)C)n1CC2. The Morgan fingerprint density at radius 2 is 2.00 bits per heavy atom. The molecule has 1 amide bonds. The van der Waals surface area contributed by atoms with Gasteiger partial charge in [0.25, 0.3) is 5.91 Å². The number of fused-ring (bicyclic) bond motifs is 3. The number of rotatable bonds is 6. The quantitative estimate of drug-likeness (QED) is 0.480. The maximum Gasteiger partial charge on any atom is 0.267 e. The Bertz CT molecular complexity index is 1120. The lowest BCUT2D eigenvalue weighted by Crippen LogP contribution is -2.33. The molecule has 0 bridgehead atoms. The van der Waals surface area contributed by atoms with E-state index >= 15 is 0 Å². The van der Waals surface area contributed by atoms with E-state index in [9.17, 15) is 4.79 Å². The van der Waals surface area contributed by atoms with Gasteiger partial charge in [0.1, 0.15) is 11.4 Å². The number of nitrogens with zero attached hydrogens (tertiary/aromatic N) is 1. The number of benzene rings is 1. The van der Waals surface area contributed by atoms with E-state index < -0.39 is 0 Å². The number of anilines is 1. The summed E-state index contributed by atoms with van der Waals surface area (Å²) in [7, 11) is 1.72. The van der Waals surface area contributed by atoms with Crippen molar-refractivity contribution in [2.24, 2.45) is 5.41 Å². The minimum absolute atomic E-state index is 0.0125. The number of aryl methyl sites for hydroxylation is 1. The van der Waals surface area contributed by atoms with E-state index in [2.05, 4.69) is 85.5 Å². The molecule has 2 N–H and O–H groups in total. The Kier molecular flexibility index (Phi) is 6.08. The fourth-order valence-corrected chi connectivity index (χ4v) is 4.93. The van der Waals surface area contributed by atoms with E-state index in [4.69, 9.17) is 4.74 Å². The molecule has 0 saturated carbocycles. The van der Waals surface area contributed by atoms with Crippen LogP contribution in [0.4, 0.5) is 5.69 Å². The maximum atomic E-state index is 13.2. The van der Waals surface area contributed by atoms with E-state index in [0.717, 1.165) is 41.4 Å². The summed E-state index contributed by atoms with van der Waals surface area (Å²) in [5.41, 5.74) is 6.38. The van der Waals surface area contributed by atoms with Crippen molar-refractivity contribution in [2.75, 3.05) is 19.0 Å². The predicted molar refractivity (Wildman–Crippen MR) is 134 cm³/mol. The van der Waals surface area contributed by atoms with Gasteiger partial charge in [-0.05, 0) is 60.9 Å². The van der Waals surface area contributed by atoms with Crippen molar-refractivity contribution in [1.82, 2.24) is 9.88 Å². The molecule has 1 aliphatic rings. The van der Waals surface area contributed by atoms with Crippen LogP contribution in [0.3, 0.4) is 0 Å². The molecule has 1 aliphatic heterocycles. The molecule has 5 nitrogen and oxygen atoms in total. The van der Waals surface area contributed by atoms with Gasteiger partial charge in [0.2, 0.25) is 0 Å². The van der Waals surface area contributed by atoms with Crippen molar-refractivity contribution in [3.8, 4) is 27.4 Å². The van der Waals surface area contributed by atoms with Crippen molar-refractivity contribution >= 4 is 22.9 Å². The number of methoxy groups -OCH3 is 1. The van der Waals surface area contributed by atoms with Gasteiger partial charge in [-0.15, -0.1) is 11.3 Å². The van der Waals surface area contributed by atoms with Crippen LogP contribution in [-0.2, 0) is 13.0 Å². The van der Waals surface area contributed by atoms with Gasteiger partial charge >= 0.3 is 0 Å². The normalized spacial score (nSPS) is 13.0. The van der Waals surface area contributed by atoms with Gasteiger partial charge in [-0.1, -0.05) is 26.8 Å². The van der Waals surface area contributed by atoms with E-state index in [1.807, 2.05) is 0 Å². The van der Waals surface area contributed by atoms with Crippen molar-refractivity contribution in [1.29, 1.82) is 0 Å². The summed E-state index contributed by atoms with van der Waals surface area (Å²) in [5.74, 6) is 0.847. The van der Waals surface area contributed by atoms with Crippen LogP contribution in [0.1, 0.15) is 50.7 Å². The second-order valence-electron chi connectivity index (χ2n) is 9.92. The molecule has 2 aromatic heterocycles. The van der Waals surface area contributed by atoms with Crippen molar-refractivity contribution in [3.63, 3.8) is 0 Å². The van der Waals surface area contributed by atoms with Gasteiger partial charge in [0, 0.05) is 35.1 Å². The summed E-state index contributed by atoms with van der Waals surface area (Å²) < 4.78 is 7.87. The summed E-state index contributed by atoms with van der Waals surface area (Å²) in [6, 6.07) is 10.9. The summed E-state index contributed by atoms with van der Waals surface area (Å²) in [6.07, 6.45) is 0.860. The summed E-state index contributed by atoms with van der Waals surface area (Å²) in [5, 5.41) is 8.74. The Morgan fingerprint density at radius 3 is 2.62 bits per heavy atom. The van der Waals surface area contributed by atoms with Gasteiger partial charge in [0.05, 0.1) is 18.5 Å². The fourth-order valence-electron chi connectivity index (χ4n) is 4.19. The highest BCUT2D eigenvalue weighted by Gasteiger charge is 2.28. The zero-order valence-corrected chi connectivity index (χ0v) is 20.7. The monoisotopic (exact) mass is 451 g/mol. The van der Waals surface area contributed by atoms with Crippen LogP contribution in [0.2, 0.25) is 0 Å². The second kappa shape index (κ2) is 8.66. The predicted octanol–water partition coefficient (Wildman–Crippen LogP) is 6.04. The number of thiophene rings is 1. The van der Waals surface area contributed by atoms with Crippen LogP contribution in [0.15, 0.2) is 35.7 Å². The highest BCUT2D eigenvalue weighted by molar-refractivity contribution is 7.13. The van der Waals surface area contributed by atoms with E-state index in [1.54, 1.807) is 18.4 Å². The summed E-state index contributed by atoms with van der Waals surface area (Å²) >= 11 is 1.70. The largest absolute Gasteiger partial charge is 0.495 e. The average molecular weight is 452 g/mol. The second-order valence-corrected chi connectivity index (χ2v) is 10.9. The molecule has 6 heteroatoms. The van der Waals surface area contributed by atoms with Gasteiger partial charge in [-0.25, -0.2) is 0 Å². The molecule has 32 heavy (non-hydrogen) atoms. The lowest BCUT2D eigenvalue weighted by Gasteiger charge is -2.25. The Morgan fingerprint density at radius 1 is 1.22 bits per heavy atom. The van der Waals surface area contributed by atoms with Gasteiger partial charge in [-0.3, -0.25) is 4.79 Å². The summed E-state index contributed by atoms with van der Waals surface area (Å²) in [4.78, 5) is 14.4. The first-order valence-corrected chi connectivity index (χ1v) is 12.1. The van der Waals surface area contributed by atoms with E-state index in [-0.39, 0.29) is 17.4 Å². The number of hydrogen-bond donors (Lipinski definition) is 2. The standard InChI is InChI=1S/C26H33N3O2S/c1-16(2)28-20-13-18-17(12-22(20)31-6)9-10-29-21(25(30)27-15-26(3,4)5)14-19(24(18)29)23-8-7-11-32-23/h7-8,11-14,16,28H,9-10,15H2,1-6H3,(H,27,30). The lowest BCUT2D eigenvalue weighted by atomic mass is 9.94. The first kappa shape index (κ1) is 22.5.